The Balaban J connectivity index is 3.03. The lowest BCUT2D eigenvalue weighted by molar-refractivity contribution is 0.179. The number of nitrogens with two attached hydrogens (primary N) is 1. The van der Waals surface area contributed by atoms with Gasteiger partial charge in [-0.2, -0.15) is 4.31 Å². The summed E-state index contributed by atoms with van der Waals surface area (Å²) in [4.78, 5) is 0.336. The summed E-state index contributed by atoms with van der Waals surface area (Å²) >= 11 is 10.8. The van der Waals surface area contributed by atoms with Crippen LogP contribution in [-0.4, -0.2) is 44.5 Å². The molecule has 0 aliphatic rings. The van der Waals surface area contributed by atoms with E-state index in [4.69, 9.17) is 34.3 Å². The molecule has 5 nitrogen and oxygen atoms in total. The van der Waals surface area contributed by atoms with Crippen LogP contribution in [0.25, 0.3) is 0 Å². The topological polar surface area (TPSA) is 72.6 Å². The van der Waals surface area contributed by atoms with Crippen LogP contribution >= 0.6 is 23.8 Å². The van der Waals surface area contributed by atoms with E-state index in [-0.39, 0.29) is 34.6 Å². The van der Waals surface area contributed by atoms with Crippen molar-refractivity contribution in [3.8, 4) is 0 Å². The maximum atomic E-state index is 12.6. The van der Waals surface area contributed by atoms with Gasteiger partial charge in [-0.05, 0) is 12.1 Å². The first kappa shape index (κ1) is 17.3. The third kappa shape index (κ3) is 4.68. The number of hydrogen-bond acceptors (Lipinski definition) is 4. The van der Waals surface area contributed by atoms with Gasteiger partial charge in [-0.1, -0.05) is 36.0 Å². The zero-order chi connectivity index (χ0) is 15.2. The van der Waals surface area contributed by atoms with Crippen molar-refractivity contribution in [2.45, 2.75) is 11.3 Å². The number of methoxy groups -OCH3 is 1. The highest BCUT2D eigenvalue weighted by Crippen LogP contribution is 2.24. The first-order valence-electron chi connectivity index (χ1n) is 5.91. The normalized spacial score (nSPS) is 11.8. The van der Waals surface area contributed by atoms with Crippen LogP contribution in [0.4, 0.5) is 0 Å². The van der Waals surface area contributed by atoms with Crippen molar-refractivity contribution in [1.29, 1.82) is 0 Å². The highest BCUT2D eigenvalue weighted by molar-refractivity contribution is 7.89. The Morgan fingerprint density at radius 1 is 1.40 bits per heavy atom. The van der Waals surface area contributed by atoms with E-state index in [1.54, 1.807) is 12.1 Å². The summed E-state index contributed by atoms with van der Waals surface area (Å²) in [6.07, 6.45) is 0.308. The number of thiocarbonyl (C=S) groups is 1. The number of ether oxygens (including phenoxy) is 1. The SMILES string of the molecule is COCCN(CCC(N)=S)S(=O)(=O)c1ccccc1Cl. The first-order chi connectivity index (χ1) is 9.39. The van der Waals surface area contributed by atoms with Gasteiger partial charge in [-0.25, -0.2) is 8.42 Å². The molecule has 0 unspecified atom stereocenters. The van der Waals surface area contributed by atoms with Crippen molar-refractivity contribution in [3.05, 3.63) is 29.3 Å². The molecule has 112 valence electrons. The zero-order valence-electron chi connectivity index (χ0n) is 11.1. The number of halogens is 1. The Morgan fingerprint density at radius 2 is 2.05 bits per heavy atom. The van der Waals surface area contributed by atoms with E-state index >= 15 is 0 Å². The molecule has 1 aromatic rings. The fourth-order valence-electron chi connectivity index (χ4n) is 1.57. The van der Waals surface area contributed by atoms with Gasteiger partial charge in [0.05, 0.1) is 16.6 Å². The van der Waals surface area contributed by atoms with Gasteiger partial charge in [0, 0.05) is 26.6 Å². The molecular formula is C12H17ClN2O3S2. The lowest BCUT2D eigenvalue weighted by Gasteiger charge is -2.22. The lowest BCUT2D eigenvalue weighted by Crippen LogP contribution is -2.36. The van der Waals surface area contributed by atoms with Crippen molar-refractivity contribution in [2.75, 3.05) is 26.8 Å². The van der Waals surface area contributed by atoms with E-state index in [2.05, 4.69) is 0 Å². The van der Waals surface area contributed by atoms with E-state index in [1.807, 2.05) is 0 Å². The summed E-state index contributed by atoms with van der Waals surface area (Å²) in [7, 11) is -2.19. The maximum absolute atomic E-state index is 12.6. The minimum atomic E-state index is -3.69. The molecule has 0 saturated carbocycles. The van der Waals surface area contributed by atoms with E-state index in [0.717, 1.165) is 0 Å². The smallest absolute Gasteiger partial charge is 0.244 e. The van der Waals surface area contributed by atoms with Crippen molar-refractivity contribution in [2.24, 2.45) is 5.73 Å². The highest BCUT2D eigenvalue weighted by atomic mass is 35.5. The Hall–Kier alpha value is -0.730. The van der Waals surface area contributed by atoms with Crippen molar-refractivity contribution in [1.82, 2.24) is 4.31 Å². The third-order valence-electron chi connectivity index (χ3n) is 2.61. The molecule has 0 fully saturated rings. The molecule has 0 aliphatic carbocycles. The van der Waals surface area contributed by atoms with Gasteiger partial charge in [-0.15, -0.1) is 0 Å². The Kier molecular flexibility index (Phi) is 6.84. The summed E-state index contributed by atoms with van der Waals surface area (Å²) in [5.74, 6) is 0. The summed E-state index contributed by atoms with van der Waals surface area (Å²) in [6, 6.07) is 6.31. The minimum Gasteiger partial charge on any atom is -0.393 e. The molecule has 0 spiro atoms. The van der Waals surface area contributed by atoms with E-state index in [1.165, 1.54) is 23.5 Å². The van der Waals surface area contributed by atoms with Gasteiger partial charge >= 0.3 is 0 Å². The molecule has 0 amide bonds. The van der Waals surface area contributed by atoms with Gasteiger partial charge < -0.3 is 10.5 Å². The molecule has 20 heavy (non-hydrogen) atoms. The molecule has 0 aliphatic heterocycles. The van der Waals surface area contributed by atoms with Gasteiger partial charge in [0.2, 0.25) is 10.0 Å². The third-order valence-corrected chi connectivity index (χ3v) is 5.21. The summed E-state index contributed by atoms with van der Waals surface area (Å²) in [5, 5.41) is 0.185. The average Bonchev–Trinajstić information content (AvgIpc) is 2.38. The van der Waals surface area contributed by atoms with Crippen LogP contribution in [0.1, 0.15) is 6.42 Å². The van der Waals surface area contributed by atoms with E-state index in [0.29, 0.717) is 6.42 Å². The monoisotopic (exact) mass is 336 g/mol. The molecule has 1 rings (SSSR count). The predicted octanol–water partition coefficient (Wildman–Crippen LogP) is 1.65. The summed E-state index contributed by atoms with van der Waals surface area (Å²) in [5.41, 5.74) is 5.43. The van der Waals surface area contributed by atoms with Gasteiger partial charge in [0.25, 0.3) is 0 Å². The molecular weight excluding hydrogens is 320 g/mol. The van der Waals surface area contributed by atoms with E-state index < -0.39 is 10.0 Å². The molecule has 8 heteroatoms. The molecule has 1 aromatic carbocycles. The standard InChI is InChI=1S/C12H17ClN2O3S2/c1-18-9-8-15(7-6-12(14)19)20(16,17)11-5-3-2-4-10(11)13/h2-5H,6-9H2,1H3,(H2,14,19). The van der Waals surface area contributed by atoms with Crippen LogP contribution in [-0.2, 0) is 14.8 Å². The van der Waals surface area contributed by atoms with Crippen LogP contribution in [0.3, 0.4) is 0 Å². The minimum absolute atomic E-state index is 0.0701. The Morgan fingerprint density at radius 3 is 2.60 bits per heavy atom. The van der Waals surface area contributed by atoms with Gasteiger partial charge in [0.1, 0.15) is 4.90 Å². The number of benzene rings is 1. The van der Waals surface area contributed by atoms with Crippen molar-refractivity contribution in [3.63, 3.8) is 0 Å². The highest BCUT2D eigenvalue weighted by Gasteiger charge is 2.26. The molecule has 0 saturated heterocycles. The van der Waals surface area contributed by atoms with Crippen LogP contribution in [0.2, 0.25) is 5.02 Å². The Bertz CT molecular complexity index is 564. The number of hydrogen-bond donors (Lipinski definition) is 1. The Labute approximate surface area is 129 Å². The average molecular weight is 337 g/mol. The number of rotatable bonds is 8. The van der Waals surface area contributed by atoms with Crippen LogP contribution in [0.5, 0.6) is 0 Å². The quantitative estimate of drug-likeness (QED) is 0.731. The second-order valence-corrected chi connectivity index (χ2v) is 6.88. The molecule has 2 N–H and O–H groups in total. The van der Waals surface area contributed by atoms with Gasteiger partial charge in [-0.3, -0.25) is 0 Å². The molecule has 0 heterocycles. The molecule has 0 bridgehead atoms. The molecule has 0 aromatic heterocycles. The molecule has 0 radical (unpaired) electrons. The van der Waals surface area contributed by atoms with Crippen molar-refractivity contribution >= 4 is 38.8 Å². The van der Waals surface area contributed by atoms with Crippen molar-refractivity contribution < 1.29 is 13.2 Å². The summed E-state index contributed by atoms with van der Waals surface area (Å²) in [6.45, 7) is 0.694. The van der Waals surface area contributed by atoms with Crippen LogP contribution in [0, 0.1) is 0 Å². The second-order valence-electron chi connectivity index (χ2n) is 4.04. The lowest BCUT2D eigenvalue weighted by atomic mass is 10.4. The second kappa shape index (κ2) is 7.90. The fourth-order valence-corrected chi connectivity index (χ4v) is 3.58. The predicted molar refractivity (Wildman–Crippen MR) is 83.5 cm³/mol. The fraction of sp³-hybridized carbons (Fsp3) is 0.417. The largest absolute Gasteiger partial charge is 0.393 e. The zero-order valence-corrected chi connectivity index (χ0v) is 13.5. The summed E-state index contributed by atoms with van der Waals surface area (Å²) < 4.78 is 31.4. The maximum Gasteiger partial charge on any atom is 0.244 e. The first-order valence-corrected chi connectivity index (χ1v) is 8.14. The van der Waals surface area contributed by atoms with E-state index in [9.17, 15) is 8.42 Å². The molecule has 0 atom stereocenters. The van der Waals surface area contributed by atoms with Crippen LogP contribution in [0.15, 0.2) is 29.2 Å². The van der Waals surface area contributed by atoms with Gasteiger partial charge in [0.15, 0.2) is 0 Å². The number of nitrogens with zero attached hydrogens (tertiary/aromatic N) is 1. The number of sulfonamides is 1. The van der Waals surface area contributed by atoms with Crippen LogP contribution < -0.4 is 5.73 Å².